The molecule has 5 heteroatoms. The summed E-state index contributed by atoms with van der Waals surface area (Å²) in [4.78, 5) is 0.290. The van der Waals surface area contributed by atoms with E-state index in [-0.39, 0.29) is 6.54 Å². The Kier molecular flexibility index (Phi) is 5.80. The maximum absolute atomic E-state index is 12.3. The molecule has 2 aromatic rings. The van der Waals surface area contributed by atoms with Crippen LogP contribution in [-0.4, -0.2) is 15.5 Å². The Morgan fingerprint density at radius 2 is 1.52 bits per heavy atom. The molecule has 1 N–H and O–H groups in total. The summed E-state index contributed by atoms with van der Waals surface area (Å²) < 4.78 is 32.4. The Labute approximate surface area is 138 Å². The molecule has 2 aromatic carbocycles. The first-order valence-corrected chi connectivity index (χ1v) is 9.10. The summed E-state index contributed by atoms with van der Waals surface area (Å²) in [5.41, 5.74) is 2.03. The second-order valence-electron chi connectivity index (χ2n) is 5.91. The van der Waals surface area contributed by atoms with E-state index >= 15 is 0 Å². The lowest BCUT2D eigenvalue weighted by atomic mass is 10.0. The van der Waals surface area contributed by atoms with E-state index in [1.807, 2.05) is 36.4 Å². The predicted octanol–water partition coefficient (Wildman–Crippen LogP) is 3.37. The van der Waals surface area contributed by atoms with E-state index in [4.69, 9.17) is 4.74 Å². The molecule has 124 valence electrons. The highest BCUT2D eigenvalue weighted by Crippen LogP contribution is 2.15. The van der Waals surface area contributed by atoms with E-state index in [9.17, 15) is 8.42 Å². The molecule has 0 bridgehead atoms. The summed E-state index contributed by atoms with van der Waals surface area (Å²) in [6, 6.07) is 14.4. The number of rotatable bonds is 7. The van der Waals surface area contributed by atoms with Crippen LogP contribution in [0.15, 0.2) is 53.4 Å². The summed E-state index contributed by atoms with van der Waals surface area (Å²) >= 11 is 0. The average Bonchev–Trinajstić information content (AvgIpc) is 2.53. The summed E-state index contributed by atoms with van der Waals surface area (Å²) in [5, 5.41) is 0. The van der Waals surface area contributed by atoms with E-state index in [1.165, 1.54) is 0 Å². The number of methoxy groups -OCH3 is 1. The van der Waals surface area contributed by atoms with Gasteiger partial charge in [-0.1, -0.05) is 38.1 Å². The van der Waals surface area contributed by atoms with Gasteiger partial charge in [-0.3, -0.25) is 0 Å². The summed E-state index contributed by atoms with van der Waals surface area (Å²) in [7, 11) is -1.90. The van der Waals surface area contributed by atoms with Gasteiger partial charge in [0.25, 0.3) is 0 Å². The van der Waals surface area contributed by atoms with Gasteiger partial charge in [-0.2, -0.15) is 0 Å². The van der Waals surface area contributed by atoms with E-state index in [0.29, 0.717) is 10.8 Å². The normalized spacial score (nSPS) is 11.7. The number of hydrogen-bond donors (Lipinski definition) is 1. The van der Waals surface area contributed by atoms with Crippen LogP contribution in [-0.2, 0) is 23.0 Å². The van der Waals surface area contributed by atoms with Gasteiger partial charge in [-0.25, -0.2) is 13.1 Å². The number of nitrogens with one attached hydrogen (secondary N) is 1. The SMILES string of the molecule is COc1ccc(CNS(=O)(=O)c2ccc(CC(C)C)cc2)cc1. The molecule has 0 spiro atoms. The van der Waals surface area contributed by atoms with Crippen molar-refractivity contribution < 1.29 is 13.2 Å². The van der Waals surface area contributed by atoms with Gasteiger partial charge in [0.2, 0.25) is 10.0 Å². The highest BCUT2D eigenvalue weighted by molar-refractivity contribution is 7.89. The zero-order chi connectivity index (χ0) is 16.9. The summed E-state index contributed by atoms with van der Waals surface area (Å²) in [6.07, 6.45) is 0.944. The Morgan fingerprint density at radius 1 is 0.957 bits per heavy atom. The third kappa shape index (κ3) is 5.08. The van der Waals surface area contributed by atoms with E-state index in [1.54, 1.807) is 19.2 Å². The van der Waals surface area contributed by atoms with Crippen LogP contribution in [0, 0.1) is 5.92 Å². The molecule has 0 unspecified atom stereocenters. The standard InChI is InChI=1S/C18H23NO3S/c1-14(2)12-15-6-10-18(11-7-15)23(20,21)19-13-16-4-8-17(22-3)9-5-16/h4-11,14,19H,12-13H2,1-3H3. The lowest BCUT2D eigenvalue weighted by Crippen LogP contribution is -2.23. The van der Waals surface area contributed by atoms with Gasteiger partial charge < -0.3 is 4.74 Å². The second-order valence-corrected chi connectivity index (χ2v) is 7.68. The van der Waals surface area contributed by atoms with Gasteiger partial charge in [-0.15, -0.1) is 0 Å². The van der Waals surface area contributed by atoms with Crippen LogP contribution in [0.2, 0.25) is 0 Å². The minimum atomic E-state index is -3.50. The highest BCUT2D eigenvalue weighted by Gasteiger charge is 2.13. The molecule has 2 rings (SSSR count). The van der Waals surface area contributed by atoms with Gasteiger partial charge in [-0.05, 0) is 47.7 Å². The zero-order valence-electron chi connectivity index (χ0n) is 13.7. The van der Waals surface area contributed by atoms with Gasteiger partial charge in [0.1, 0.15) is 5.75 Å². The molecule has 0 atom stereocenters. The summed E-state index contributed by atoms with van der Waals surface area (Å²) in [6.45, 7) is 4.53. The minimum Gasteiger partial charge on any atom is -0.497 e. The Bertz CT molecular complexity index is 720. The van der Waals surface area contributed by atoms with Crippen LogP contribution >= 0.6 is 0 Å². The fourth-order valence-corrected chi connectivity index (χ4v) is 3.30. The fourth-order valence-electron chi connectivity index (χ4n) is 2.28. The predicted molar refractivity (Wildman–Crippen MR) is 92.0 cm³/mol. The van der Waals surface area contributed by atoms with Crippen LogP contribution in [0.3, 0.4) is 0 Å². The molecular formula is C18H23NO3S. The van der Waals surface area contributed by atoms with Crippen LogP contribution < -0.4 is 9.46 Å². The first-order valence-electron chi connectivity index (χ1n) is 7.62. The molecule has 0 aliphatic carbocycles. The average molecular weight is 333 g/mol. The molecule has 23 heavy (non-hydrogen) atoms. The molecule has 0 aromatic heterocycles. The second kappa shape index (κ2) is 7.62. The van der Waals surface area contributed by atoms with Crippen molar-refractivity contribution in [1.82, 2.24) is 4.72 Å². The number of benzene rings is 2. The number of sulfonamides is 1. The zero-order valence-corrected chi connectivity index (χ0v) is 14.6. The summed E-state index contributed by atoms with van der Waals surface area (Å²) in [5.74, 6) is 1.29. The maximum Gasteiger partial charge on any atom is 0.240 e. The van der Waals surface area contributed by atoms with Crippen molar-refractivity contribution in [2.45, 2.75) is 31.7 Å². The van der Waals surface area contributed by atoms with Crippen molar-refractivity contribution >= 4 is 10.0 Å². The molecule has 0 saturated heterocycles. The third-order valence-corrected chi connectivity index (χ3v) is 4.92. The topological polar surface area (TPSA) is 55.4 Å². The number of hydrogen-bond acceptors (Lipinski definition) is 3. The van der Waals surface area contributed by atoms with Gasteiger partial charge in [0.15, 0.2) is 0 Å². The van der Waals surface area contributed by atoms with Gasteiger partial charge in [0.05, 0.1) is 12.0 Å². The smallest absolute Gasteiger partial charge is 0.240 e. The molecule has 0 fully saturated rings. The van der Waals surface area contributed by atoms with Crippen molar-refractivity contribution in [1.29, 1.82) is 0 Å². The molecule has 0 aliphatic heterocycles. The Hall–Kier alpha value is -1.85. The molecule has 0 saturated carbocycles. The van der Waals surface area contributed by atoms with Crippen LogP contribution in [0.4, 0.5) is 0 Å². The quantitative estimate of drug-likeness (QED) is 0.845. The maximum atomic E-state index is 12.3. The van der Waals surface area contributed by atoms with Crippen LogP contribution in [0.5, 0.6) is 5.75 Å². The molecule has 0 aliphatic rings. The van der Waals surface area contributed by atoms with E-state index in [0.717, 1.165) is 23.3 Å². The molecule has 0 amide bonds. The van der Waals surface area contributed by atoms with E-state index < -0.39 is 10.0 Å². The Morgan fingerprint density at radius 3 is 2.04 bits per heavy atom. The van der Waals surface area contributed by atoms with Crippen LogP contribution in [0.25, 0.3) is 0 Å². The largest absolute Gasteiger partial charge is 0.497 e. The van der Waals surface area contributed by atoms with Crippen molar-refractivity contribution in [3.05, 3.63) is 59.7 Å². The van der Waals surface area contributed by atoms with Crippen molar-refractivity contribution in [3.8, 4) is 5.75 Å². The number of ether oxygens (including phenoxy) is 1. The Balaban J connectivity index is 2.02. The monoisotopic (exact) mass is 333 g/mol. The van der Waals surface area contributed by atoms with Crippen molar-refractivity contribution in [2.24, 2.45) is 5.92 Å². The fraction of sp³-hybridized carbons (Fsp3) is 0.333. The van der Waals surface area contributed by atoms with Crippen LogP contribution in [0.1, 0.15) is 25.0 Å². The lowest BCUT2D eigenvalue weighted by Gasteiger charge is -2.09. The molecule has 0 heterocycles. The lowest BCUT2D eigenvalue weighted by molar-refractivity contribution is 0.414. The molecule has 0 radical (unpaired) electrons. The van der Waals surface area contributed by atoms with Gasteiger partial charge >= 0.3 is 0 Å². The minimum absolute atomic E-state index is 0.250. The van der Waals surface area contributed by atoms with Crippen molar-refractivity contribution in [3.63, 3.8) is 0 Å². The molecule has 4 nitrogen and oxygen atoms in total. The molecular weight excluding hydrogens is 310 g/mol. The van der Waals surface area contributed by atoms with Gasteiger partial charge in [0, 0.05) is 6.54 Å². The first kappa shape index (κ1) is 17.5. The highest BCUT2D eigenvalue weighted by atomic mass is 32.2. The third-order valence-electron chi connectivity index (χ3n) is 3.50. The first-order chi connectivity index (χ1) is 10.9. The van der Waals surface area contributed by atoms with Crippen molar-refractivity contribution in [2.75, 3.05) is 7.11 Å². The van der Waals surface area contributed by atoms with E-state index in [2.05, 4.69) is 18.6 Å².